The van der Waals surface area contributed by atoms with Crippen molar-refractivity contribution in [1.82, 2.24) is 0 Å². The second-order valence-electron chi connectivity index (χ2n) is 4.37. The first-order valence-electron chi connectivity index (χ1n) is 5.71. The number of carbonyl (C=O) groups is 1. The molecule has 0 saturated carbocycles. The molecule has 1 N–H and O–H groups in total. The quantitative estimate of drug-likeness (QED) is 0.512. The van der Waals surface area contributed by atoms with E-state index in [-0.39, 0.29) is 23.4 Å². The lowest BCUT2D eigenvalue weighted by atomic mass is 10.2. The van der Waals surface area contributed by atoms with Gasteiger partial charge in [0.05, 0.1) is 30.5 Å². The second-order valence-corrected chi connectivity index (χ2v) is 7.33. The van der Waals surface area contributed by atoms with Gasteiger partial charge in [0.15, 0.2) is 9.84 Å². The minimum atomic E-state index is -2.81. The van der Waals surface area contributed by atoms with Gasteiger partial charge < -0.3 is 9.64 Å². The number of hydrogen-bond donors (Lipinski definition) is 1. The number of esters is 1. The highest BCUT2D eigenvalue weighted by Gasteiger charge is 2.24. The average Bonchev–Trinajstić information content (AvgIpc) is 2.30. The Bertz CT molecular complexity index is 343. The summed E-state index contributed by atoms with van der Waals surface area (Å²) < 4.78 is 27.5. The van der Waals surface area contributed by atoms with E-state index in [1.54, 1.807) is 6.92 Å². The third kappa shape index (κ3) is 5.35. The van der Waals surface area contributed by atoms with Crippen LogP contribution < -0.4 is 4.90 Å². The van der Waals surface area contributed by atoms with Crippen molar-refractivity contribution >= 4 is 31.7 Å². The van der Waals surface area contributed by atoms with Crippen molar-refractivity contribution < 1.29 is 22.8 Å². The van der Waals surface area contributed by atoms with E-state index < -0.39 is 9.84 Å². The molecule has 0 aliphatic carbocycles. The molecule has 0 aromatic carbocycles. The summed E-state index contributed by atoms with van der Waals surface area (Å²) in [4.78, 5) is 12.6. The number of hydrogen-bond acceptors (Lipinski definition) is 4. The standard InChI is InChI=1S/C10H18BrNO4S/c1-9(8-11)10(13)16-5-2-12-3-6-17(14,15)7-4-12/h9H,2-8H2,1H3/p+1. The average molecular weight is 329 g/mol. The zero-order valence-electron chi connectivity index (χ0n) is 9.95. The first-order chi connectivity index (χ1) is 7.94. The number of quaternary nitrogens is 1. The maximum Gasteiger partial charge on any atom is 0.309 e. The molecule has 0 amide bonds. The van der Waals surface area contributed by atoms with Crippen LogP contribution in [-0.4, -0.2) is 57.5 Å². The maximum atomic E-state index is 11.4. The Morgan fingerprint density at radius 2 is 2.00 bits per heavy atom. The zero-order valence-corrected chi connectivity index (χ0v) is 12.3. The minimum Gasteiger partial charge on any atom is -0.459 e. The molecule has 1 fully saturated rings. The Kier molecular flexibility index (Phi) is 5.88. The van der Waals surface area contributed by atoms with Gasteiger partial charge in [-0.1, -0.05) is 22.9 Å². The van der Waals surface area contributed by atoms with Gasteiger partial charge in [-0.2, -0.15) is 0 Å². The summed E-state index contributed by atoms with van der Waals surface area (Å²) in [5, 5.41) is 0.598. The van der Waals surface area contributed by atoms with Crippen LogP contribution in [0.1, 0.15) is 6.92 Å². The molecule has 17 heavy (non-hydrogen) atoms. The van der Waals surface area contributed by atoms with Crippen molar-refractivity contribution in [2.24, 2.45) is 5.92 Å². The van der Waals surface area contributed by atoms with Gasteiger partial charge >= 0.3 is 5.97 Å². The summed E-state index contributed by atoms with van der Waals surface area (Å²) in [6.45, 7) is 4.10. The zero-order chi connectivity index (χ0) is 12.9. The highest BCUT2D eigenvalue weighted by atomic mass is 79.9. The van der Waals surface area contributed by atoms with E-state index in [4.69, 9.17) is 4.74 Å². The van der Waals surface area contributed by atoms with E-state index in [0.29, 0.717) is 31.6 Å². The Labute approximate surface area is 111 Å². The molecule has 1 aliphatic rings. The number of nitrogens with one attached hydrogen (secondary N) is 1. The predicted molar refractivity (Wildman–Crippen MR) is 68.1 cm³/mol. The highest BCUT2D eigenvalue weighted by molar-refractivity contribution is 9.09. The van der Waals surface area contributed by atoms with Crippen molar-refractivity contribution in [3.63, 3.8) is 0 Å². The molecular weight excluding hydrogens is 310 g/mol. The van der Waals surface area contributed by atoms with Crippen molar-refractivity contribution in [3.8, 4) is 0 Å². The van der Waals surface area contributed by atoms with Gasteiger partial charge in [0.1, 0.15) is 13.2 Å². The summed E-state index contributed by atoms with van der Waals surface area (Å²) in [5.74, 6) is 0.153. The van der Waals surface area contributed by atoms with Crippen LogP contribution in [-0.2, 0) is 19.4 Å². The van der Waals surface area contributed by atoms with Gasteiger partial charge in [0.25, 0.3) is 0 Å². The number of rotatable bonds is 5. The summed E-state index contributed by atoms with van der Waals surface area (Å²) in [6, 6.07) is 0. The molecule has 0 bridgehead atoms. The lowest BCUT2D eigenvalue weighted by Gasteiger charge is -2.23. The van der Waals surface area contributed by atoms with Crippen LogP contribution in [0.4, 0.5) is 0 Å². The Balaban J connectivity index is 2.18. The molecule has 100 valence electrons. The van der Waals surface area contributed by atoms with E-state index in [1.165, 1.54) is 4.90 Å². The lowest BCUT2D eigenvalue weighted by Crippen LogP contribution is -3.14. The molecule has 0 spiro atoms. The van der Waals surface area contributed by atoms with Gasteiger partial charge in [0, 0.05) is 5.33 Å². The van der Waals surface area contributed by atoms with Crippen LogP contribution >= 0.6 is 15.9 Å². The molecule has 1 atom stereocenters. The van der Waals surface area contributed by atoms with Gasteiger partial charge in [-0.05, 0) is 0 Å². The minimum absolute atomic E-state index is 0.133. The van der Waals surface area contributed by atoms with Gasteiger partial charge in [-0.15, -0.1) is 0 Å². The second kappa shape index (κ2) is 6.70. The van der Waals surface area contributed by atoms with Crippen LogP contribution in [0.3, 0.4) is 0 Å². The molecule has 0 aromatic heterocycles. The summed E-state index contributed by atoms with van der Waals surface area (Å²) in [7, 11) is -2.81. The van der Waals surface area contributed by atoms with Crippen molar-refractivity contribution in [3.05, 3.63) is 0 Å². The predicted octanol–water partition coefficient (Wildman–Crippen LogP) is -1.13. The Morgan fingerprint density at radius 1 is 1.41 bits per heavy atom. The monoisotopic (exact) mass is 328 g/mol. The van der Waals surface area contributed by atoms with Crippen LogP contribution in [0.25, 0.3) is 0 Å². The number of ether oxygens (including phenoxy) is 1. The van der Waals surface area contributed by atoms with Crippen LogP contribution in [0.15, 0.2) is 0 Å². The normalized spacial score (nSPS) is 22.0. The van der Waals surface area contributed by atoms with Gasteiger partial charge in [-0.3, -0.25) is 4.79 Å². The molecule has 0 radical (unpaired) electrons. The number of halogens is 1. The Morgan fingerprint density at radius 3 is 2.53 bits per heavy atom. The van der Waals surface area contributed by atoms with Gasteiger partial charge in [0.2, 0.25) is 0 Å². The fourth-order valence-corrected chi connectivity index (χ4v) is 3.25. The van der Waals surface area contributed by atoms with Gasteiger partial charge in [-0.25, -0.2) is 8.42 Å². The number of carbonyl (C=O) groups excluding carboxylic acids is 1. The summed E-state index contributed by atoms with van der Waals surface area (Å²) in [5.41, 5.74) is 0. The largest absolute Gasteiger partial charge is 0.459 e. The van der Waals surface area contributed by atoms with E-state index in [2.05, 4.69) is 15.9 Å². The lowest BCUT2D eigenvalue weighted by molar-refractivity contribution is -0.896. The SMILES string of the molecule is CC(CBr)C(=O)OCC[NH+]1CCS(=O)(=O)CC1. The fraction of sp³-hybridized carbons (Fsp3) is 0.900. The smallest absolute Gasteiger partial charge is 0.309 e. The topological polar surface area (TPSA) is 64.9 Å². The molecule has 0 aromatic rings. The number of alkyl halides is 1. The van der Waals surface area contributed by atoms with E-state index in [1.807, 2.05) is 0 Å². The number of sulfone groups is 1. The third-order valence-corrected chi connectivity index (χ3v) is 5.49. The summed E-state index contributed by atoms with van der Waals surface area (Å²) >= 11 is 3.22. The van der Waals surface area contributed by atoms with E-state index in [9.17, 15) is 13.2 Å². The van der Waals surface area contributed by atoms with Crippen LogP contribution in [0, 0.1) is 5.92 Å². The summed E-state index contributed by atoms with van der Waals surface area (Å²) in [6.07, 6.45) is 0. The van der Waals surface area contributed by atoms with Crippen LogP contribution in [0.5, 0.6) is 0 Å². The van der Waals surface area contributed by atoms with Crippen molar-refractivity contribution in [1.29, 1.82) is 0 Å². The Hall–Kier alpha value is -0.140. The molecule has 5 nitrogen and oxygen atoms in total. The molecule has 1 rings (SSSR count). The van der Waals surface area contributed by atoms with Crippen molar-refractivity contribution in [2.45, 2.75) is 6.92 Å². The first-order valence-corrected chi connectivity index (χ1v) is 8.65. The molecule has 1 saturated heterocycles. The molecule has 7 heteroatoms. The highest BCUT2D eigenvalue weighted by Crippen LogP contribution is 2.01. The molecule has 1 aliphatic heterocycles. The molecular formula is C10H19BrNO4S+. The molecule has 1 heterocycles. The van der Waals surface area contributed by atoms with Crippen LogP contribution in [0.2, 0.25) is 0 Å². The van der Waals surface area contributed by atoms with E-state index in [0.717, 1.165) is 0 Å². The third-order valence-electron chi connectivity index (χ3n) is 2.87. The first kappa shape index (κ1) is 14.9. The van der Waals surface area contributed by atoms with Crippen molar-refractivity contribution in [2.75, 3.05) is 43.1 Å². The maximum absolute atomic E-state index is 11.4. The molecule has 1 unspecified atom stereocenters. The fourth-order valence-electron chi connectivity index (χ4n) is 1.58. The van der Waals surface area contributed by atoms with E-state index >= 15 is 0 Å².